The van der Waals surface area contributed by atoms with E-state index in [1.165, 1.54) is 18.2 Å². The molecule has 0 aliphatic heterocycles. The summed E-state index contributed by atoms with van der Waals surface area (Å²) in [5, 5.41) is 9.33. The fraction of sp³-hybridized carbons (Fsp3) is 0.235. The second kappa shape index (κ2) is 6.17. The second-order valence-corrected chi connectivity index (χ2v) is 5.52. The third kappa shape index (κ3) is 2.81. The highest BCUT2D eigenvalue weighted by Crippen LogP contribution is 2.22. The van der Waals surface area contributed by atoms with Gasteiger partial charge in [0.2, 0.25) is 0 Å². The summed E-state index contributed by atoms with van der Waals surface area (Å²) < 4.78 is 0. The van der Waals surface area contributed by atoms with E-state index in [9.17, 15) is 9.59 Å². The summed E-state index contributed by atoms with van der Waals surface area (Å²) in [5.74, 6) is -0.289. The second-order valence-electron chi connectivity index (χ2n) is 5.08. The van der Waals surface area contributed by atoms with Crippen LogP contribution in [-0.2, 0) is 6.42 Å². The van der Waals surface area contributed by atoms with Gasteiger partial charge in [-0.25, -0.2) is 0 Å². The van der Waals surface area contributed by atoms with Crippen molar-refractivity contribution in [3.8, 4) is 6.07 Å². The summed E-state index contributed by atoms with van der Waals surface area (Å²) in [6, 6.07) is 6.47. The van der Waals surface area contributed by atoms with Crippen LogP contribution < -0.4 is 5.56 Å². The first-order chi connectivity index (χ1) is 10.4. The third-order valence-electron chi connectivity index (χ3n) is 3.68. The van der Waals surface area contributed by atoms with Crippen LogP contribution in [0.5, 0.6) is 0 Å². The number of aromatic amines is 1. The van der Waals surface area contributed by atoms with Gasteiger partial charge in [-0.05, 0) is 44.0 Å². The van der Waals surface area contributed by atoms with Gasteiger partial charge in [-0.1, -0.05) is 18.5 Å². The predicted octanol–water partition coefficient (Wildman–Crippen LogP) is 3.31. The number of hydrogen-bond acceptors (Lipinski definition) is 3. The van der Waals surface area contributed by atoms with Crippen molar-refractivity contribution in [2.45, 2.75) is 27.2 Å². The summed E-state index contributed by atoms with van der Waals surface area (Å²) in [5.41, 5.74) is 2.62. The molecule has 0 bridgehead atoms. The van der Waals surface area contributed by atoms with Crippen LogP contribution in [0.25, 0.3) is 0 Å². The van der Waals surface area contributed by atoms with Gasteiger partial charge in [0.15, 0.2) is 5.78 Å². The van der Waals surface area contributed by atoms with E-state index in [1.54, 1.807) is 13.8 Å². The highest BCUT2D eigenvalue weighted by Gasteiger charge is 2.20. The minimum absolute atomic E-state index is 0.253. The molecule has 1 N–H and O–H groups in total. The Balaban J connectivity index is 2.72. The number of carbonyl (C=O) groups is 1. The predicted molar refractivity (Wildman–Crippen MR) is 85.5 cm³/mol. The molecular formula is C17H15ClN2O2. The van der Waals surface area contributed by atoms with E-state index >= 15 is 0 Å². The quantitative estimate of drug-likeness (QED) is 0.883. The Bertz CT molecular complexity index is 860. The molecule has 0 saturated heterocycles. The minimum atomic E-state index is -0.289. The molecule has 1 aromatic heterocycles. The normalized spacial score (nSPS) is 10.3. The lowest BCUT2D eigenvalue weighted by Gasteiger charge is -2.12. The summed E-state index contributed by atoms with van der Waals surface area (Å²) in [4.78, 5) is 27.7. The monoisotopic (exact) mass is 314 g/mol. The first-order valence-corrected chi connectivity index (χ1v) is 7.24. The average molecular weight is 315 g/mol. The third-order valence-corrected chi connectivity index (χ3v) is 3.90. The average Bonchev–Trinajstić information content (AvgIpc) is 2.49. The minimum Gasteiger partial charge on any atom is -0.326 e. The molecule has 5 heteroatoms. The van der Waals surface area contributed by atoms with Gasteiger partial charge in [0, 0.05) is 27.4 Å². The molecule has 0 unspecified atom stereocenters. The van der Waals surface area contributed by atoms with Gasteiger partial charge >= 0.3 is 0 Å². The van der Waals surface area contributed by atoms with Crippen molar-refractivity contribution in [1.29, 1.82) is 5.26 Å². The molecule has 112 valence electrons. The van der Waals surface area contributed by atoms with Crippen LogP contribution in [0.15, 0.2) is 23.0 Å². The van der Waals surface area contributed by atoms with Crippen molar-refractivity contribution in [3.05, 3.63) is 67.1 Å². The van der Waals surface area contributed by atoms with Crippen molar-refractivity contribution in [2.75, 3.05) is 0 Å². The summed E-state index contributed by atoms with van der Waals surface area (Å²) in [6.07, 6.45) is 0.448. The largest absolute Gasteiger partial charge is 0.326 e. The molecule has 4 nitrogen and oxygen atoms in total. The fourth-order valence-corrected chi connectivity index (χ4v) is 2.68. The van der Waals surface area contributed by atoms with Crippen molar-refractivity contribution in [3.63, 3.8) is 0 Å². The Morgan fingerprint density at radius 2 is 2.00 bits per heavy atom. The number of nitrogens with zero attached hydrogens (tertiary/aromatic N) is 1. The number of carbonyl (C=O) groups excluding carboxylic acids is 1. The van der Waals surface area contributed by atoms with E-state index in [2.05, 4.69) is 4.98 Å². The molecule has 1 aromatic carbocycles. The lowest BCUT2D eigenvalue weighted by atomic mass is 9.92. The van der Waals surface area contributed by atoms with Gasteiger partial charge in [-0.2, -0.15) is 5.26 Å². The number of ketones is 1. The molecule has 22 heavy (non-hydrogen) atoms. The van der Waals surface area contributed by atoms with Crippen LogP contribution in [-0.4, -0.2) is 10.8 Å². The number of H-pyrrole nitrogens is 1. The standard InChI is InChI=1S/C17H15ClN2O2/c1-4-14-15(9(2)10(3)20-17(14)22)16(21)12-5-11(8-19)6-13(18)7-12/h5-7H,4H2,1-3H3,(H,20,22). The summed E-state index contributed by atoms with van der Waals surface area (Å²) in [6.45, 7) is 5.38. The maximum atomic E-state index is 12.9. The molecule has 0 amide bonds. The number of aromatic nitrogens is 1. The number of rotatable bonds is 3. The number of pyridine rings is 1. The Labute approximate surface area is 133 Å². The first kappa shape index (κ1) is 16.0. The smallest absolute Gasteiger partial charge is 0.252 e. The molecule has 0 spiro atoms. The number of nitrogens with one attached hydrogen (secondary N) is 1. The van der Waals surface area contributed by atoms with Gasteiger partial charge in [-0.15, -0.1) is 0 Å². The number of hydrogen-bond donors (Lipinski definition) is 1. The van der Waals surface area contributed by atoms with Crippen LogP contribution in [0.1, 0.15) is 45.2 Å². The van der Waals surface area contributed by atoms with E-state index < -0.39 is 0 Å². The zero-order chi connectivity index (χ0) is 16.4. The van der Waals surface area contributed by atoms with E-state index in [-0.39, 0.29) is 11.3 Å². The summed E-state index contributed by atoms with van der Waals surface area (Å²) in [7, 11) is 0. The highest BCUT2D eigenvalue weighted by atomic mass is 35.5. The van der Waals surface area contributed by atoms with E-state index in [0.717, 1.165) is 5.56 Å². The molecule has 0 atom stereocenters. The maximum absolute atomic E-state index is 12.9. The molecule has 0 radical (unpaired) electrons. The molecule has 0 fully saturated rings. The Hall–Kier alpha value is -2.38. The molecule has 0 aliphatic rings. The summed E-state index contributed by atoms with van der Waals surface area (Å²) >= 11 is 5.97. The molecule has 2 aromatic rings. The molecule has 0 aliphatic carbocycles. The van der Waals surface area contributed by atoms with Crippen molar-refractivity contribution >= 4 is 17.4 Å². The van der Waals surface area contributed by atoms with Gasteiger partial charge < -0.3 is 4.98 Å². The molecule has 1 heterocycles. The van der Waals surface area contributed by atoms with Crippen LogP contribution >= 0.6 is 11.6 Å². The van der Waals surface area contributed by atoms with Crippen molar-refractivity contribution in [2.24, 2.45) is 0 Å². The lowest BCUT2D eigenvalue weighted by Crippen LogP contribution is -2.21. The molecule has 2 rings (SSSR count). The number of aryl methyl sites for hydroxylation is 1. The molecular weight excluding hydrogens is 300 g/mol. The number of nitriles is 1. The van der Waals surface area contributed by atoms with Gasteiger partial charge in [0.05, 0.1) is 11.6 Å². The van der Waals surface area contributed by atoms with Crippen molar-refractivity contribution in [1.82, 2.24) is 4.98 Å². The zero-order valence-corrected chi connectivity index (χ0v) is 13.3. The van der Waals surface area contributed by atoms with Crippen LogP contribution in [0, 0.1) is 25.2 Å². The van der Waals surface area contributed by atoms with E-state index in [1.807, 2.05) is 13.0 Å². The number of benzene rings is 1. The number of halogens is 1. The lowest BCUT2D eigenvalue weighted by molar-refractivity contribution is 0.103. The van der Waals surface area contributed by atoms with E-state index in [4.69, 9.17) is 16.9 Å². The Kier molecular flexibility index (Phi) is 4.48. The fourth-order valence-electron chi connectivity index (χ4n) is 2.44. The van der Waals surface area contributed by atoms with Crippen LogP contribution in [0.4, 0.5) is 0 Å². The Morgan fingerprint density at radius 3 is 2.59 bits per heavy atom. The van der Waals surface area contributed by atoms with Gasteiger partial charge in [-0.3, -0.25) is 9.59 Å². The topological polar surface area (TPSA) is 73.7 Å². The Morgan fingerprint density at radius 1 is 1.32 bits per heavy atom. The molecule has 0 saturated carbocycles. The van der Waals surface area contributed by atoms with Crippen LogP contribution in [0.2, 0.25) is 5.02 Å². The van der Waals surface area contributed by atoms with Gasteiger partial charge in [0.25, 0.3) is 5.56 Å². The highest BCUT2D eigenvalue weighted by molar-refractivity contribution is 6.31. The SMILES string of the molecule is CCc1c(C(=O)c2cc(Cl)cc(C#N)c2)c(C)c(C)[nH]c1=O. The van der Waals surface area contributed by atoms with Crippen LogP contribution in [0.3, 0.4) is 0 Å². The zero-order valence-electron chi connectivity index (χ0n) is 12.6. The first-order valence-electron chi connectivity index (χ1n) is 6.86. The maximum Gasteiger partial charge on any atom is 0.252 e. The van der Waals surface area contributed by atoms with Gasteiger partial charge in [0.1, 0.15) is 0 Å². The van der Waals surface area contributed by atoms with E-state index in [0.29, 0.717) is 39.4 Å². The van der Waals surface area contributed by atoms with Crippen molar-refractivity contribution < 1.29 is 4.79 Å².